The maximum absolute atomic E-state index is 12.3. The Bertz CT molecular complexity index is 673. The molecule has 1 heterocycles. The molecule has 0 bridgehead atoms. The summed E-state index contributed by atoms with van der Waals surface area (Å²) in [7, 11) is 1.61. The third-order valence-corrected chi connectivity index (χ3v) is 3.26. The number of methoxy groups -OCH3 is 1. The van der Waals surface area contributed by atoms with Gasteiger partial charge in [-0.3, -0.25) is 4.79 Å². The Hall–Kier alpha value is -2.63. The molecule has 0 aliphatic rings. The number of anilines is 1. The van der Waals surface area contributed by atoms with E-state index in [9.17, 15) is 4.79 Å². The molecule has 0 radical (unpaired) electrons. The van der Waals surface area contributed by atoms with Crippen molar-refractivity contribution in [3.8, 4) is 5.75 Å². The van der Waals surface area contributed by atoms with E-state index in [1.807, 2.05) is 24.3 Å². The van der Waals surface area contributed by atoms with Crippen LogP contribution in [0.4, 0.5) is 5.82 Å². The maximum Gasteiger partial charge on any atom is 0.270 e. The van der Waals surface area contributed by atoms with Crippen LogP contribution in [0.2, 0.25) is 0 Å². The minimum atomic E-state index is -0.235. The van der Waals surface area contributed by atoms with E-state index in [-0.39, 0.29) is 5.91 Å². The molecule has 2 aromatic rings. The maximum atomic E-state index is 12.3. The van der Waals surface area contributed by atoms with Crippen LogP contribution in [0.1, 0.15) is 35.2 Å². The number of aryl methyl sites for hydroxylation is 1. The number of hydrogen-bond acceptors (Lipinski definition) is 5. The third kappa shape index (κ3) is 4.67. The molecule has 0 fully saturated rings. The van der Waals surface area contributed by atoms with Gasteiger partial charge in [0.1, 0.15) is 23.1 Å². The van der Waals surface area contributed by atoms with Gasteiger partial charge in [0.15, 0.2) is 0 Å². The molecule has 6 nitrogen and oxygen atoms in total. The number of amides is 1. The number of rotatable bonds is 7. The Kier molecular flexibility index (Phi) is 5.91. The molecule has 6 heteroatoms. The van der Waals surface area contributed by atoms with Gasteiger partial charge in [0, 0.05) is 24.7 Å². The van der Waals surface area contributed by atoms with Crippen molar-refractivity contribution in [1.29, 1.82) is 0 Å². The van der Waals surface area contributed by atoms with Gasteiger partial charge in [-0.25, -0.2) is 9.97 Å². The van der Waals surface area contributed by atoms with Crippen molar-refractivity contribution >= 4 is 11.7 Å². The lowest BCUT2D eigenvalue weighted by molar-refractivity contribution is 0.0945. The lowest BCUT2D eigenvalue weighted by Gasteiger charge is -2.10. The van der Waals surface area contributed by atoms with Gasteiger partial charge in [0.05, 0.1) is 7.11 Å². The molecule has 23 heavy (non-hydrogen) atoms. The van der Waals surface area contributed by atoms with Crippen LogP contribution in [0.25, 0.3) is 0 Å². The zero-order valence-corrected chi connectivity index (χ0v) is 13.7. The highest BCUT2D eigenvalue weighted by Crippen LogP contribution is 2.17. The van der Waals surface area contributed by atoms with E-state index in [1.54, 1.807) is 20.1 Å². The van der Waals surface area contributed by atoms with Crippen molar-refractivity contribution in [2.24, 2.45) is 0 Å². The molecule has 0 spiro atoms. The Morgan fingerprint density at radius 3 is 2.78 bits per heavy atom. The minimum absolute atomic E-state index is 0.235. The molecule has 2 rings (SSSR count). The summed E-state index contributed by atoms with van der Waals surface area (Å²) < 4.78 is 5.28. The van der Waals surface area contributed by atoms with E-state index < -0.39 is 0 Å². The third-order valence-electron chi connectivity index (χ3n) is 3.26. The number of nitrogens with one attached hydrogen (secondary N) is 2. The van der Waals surface area contributed by atoms with Crippen LogP contribution < -0.4 is 15.4 Å². The molecule has 0 unspecified atom stereocenters. The molecule has 0 aliphatic carbocycles. The quantitative estimate of drug-likeness (QED) is 0.821. The first kappa shape index (κ1) is 16.7. The monoisotopic (exact) mass is 314 g/mol. The number of ether oxygens (including phenoxy) is 1. The highest BCUT2D eigenvalue weighted by Gasteiger charge is 2.11. The molecule has 0 saturated carbocycles. The second-order valence-electron chi connectivity index (χ2n) is 5.11. The fourth-order valence-corrected chi connectivity index (χ4v) is 2.14. The van der Waals surface area contributed by atoms with Gasteiger partial charge < -0.3 is 15.4 Å². The Labute approximate surface area is 136 Å². The second kappa shape index (κ2) is 8.12. The van der Waals surface area contributed by atoms with Crippen molar-refractivity contribution < 1.29 is 9.53 Å². The molecular formula is C17H22N4O2. The zero-order chi connectivity index (χ0) is 16.7. The van der Waals surface area contributed by atoms with E-state index >= 15 is 0 Å². The van der Waals surface area contributed by atoms with Gasteiger partial charge in [-0.15, -0.1) is 0 Å². The van der Waals surface area contributed by atoms with Gasteiger partial charge in [0.2, 0.25) is 0 Å². The molecule has 2 N–H and O–H groups in total. The summed E-state index contributed by atoms with van der Waals surface area (Å²) in [5.74, 6) is 1.74. The van der Waals surface area contributed by atoms with Crippen LogP contribution in [-0.2, 0) is 6.54 Å². The summed E-state index contributed by atoms with van der Waals surface area (Å²) in [5, 5.41) is 6.03. The van der Waals surface area contributed by atoms with Crippen LogP contribution in [0.15, 0.2) is 30.3 Å². The fourth-order valence-electron chi connectivity index (χ4n) is 2.14. The van der Waals surface area contributed by atoms with Crippen LogP contribution in [0.5, 0.6) is 5.75 Å². The fraction of sp³-hybridized carbons (Fsp3) is 0.353. The Balaban J connectivity index is 2.07. The highest BCUT2D eigenvalue weighted by molar-refractivity contribution is 5.92. The smallest absolute Gasteiger partial charge is 0.270 e. The zero-order valence-electron chi connectivity index (χ0n) is 13.7. The number of nitrogens with zero attached hydrogens (tertiary/aromatic N) is 2. The van der Waals surface area contributed by atoms with Crippen LogP contribution in [0.3, 0.4) is 0 Å². The standard InChI is InChI=1S/C17H22N4O2/c1-4-9-18-16-10-14(20-12(2)21-16)17(22)19-11-13-7-5-6-8-15(13)23-3/h5-8,10H,4,9,11H2,1-3H3,(H,19,22)(H,18,20,21). The first-order valence-corrected chi connectivity index (χ1v) is 7.63. The number of benzene rings is 1. The largest absolute Gasteiger partial charge is 0.496 e. The summed E-state index contributed by atoms with van der Waals surface area (Å²) in [5.41, 5.74) is 1.27. The number of carbonyl (C=O) groups excluding carboxylic acids is 1. The number of para-hydroxylation sites is 1. The summed E-state index contributed by atoms with van der Waals surface area (Å²) in [4.78, 5) is 20.8. The topological polar surface area (TPSA) is 76.1 Å². The predicted molar refractivity (Wildman–Crippen MR) is 89.7 cm³/mol. The van der Waals surface area contributed by atoms with E-state index in [1.165, 1.54) is 0 Å². The Morgan fingerprint density at radius 2 is 2.04 bits per heavy atom. The van der Waals surface area contributed by atoms with Gasteiger partial charge >= 0.3 is 0 Å². The minimum Gasteiger partial charge on any atom is -0.496 e. The molecular weight excluding hydrogens is 292 g/mol. The second-order valence-corrected chi connectivity index (χ2v) is 5.11. The van der Waals surface area contributed by atoms with Gasteiger partial charge in [-0.2, -0.15) is 0 Å². The summed E-state index contributed by atoms with van der Waals surface area (Å²) in [6, 6.07) is 9.25. The lowest BCUT2D eigenvalue weighted by Crippen LogP contribution is -2.24. The average molecular weight is 314 g/mol. The first-order valence-electron chi connectivity index (χ1n) is 7.63. The summed E-state index contributed by atoms with van der Waals surface area (Å²) >= 11 is 0. The van der Waals surface area contributed by atoms with Crippen LogP contribution in [-0.4, -0.2) is 29.5 Å². The number of hydrogen-bond donors (Lipinski definition) is 2. The molecule has 1 aromatic carbocycles. The van der Waals surface area contributed by atoms with Crippen molar-refractivity contribution in [3.63, 3.8) is 0 Å². The molecule has 0 atom stereocenters. The van der Waals surface area contributed by atoms with E-state index in [0.717, 1.165) is 24.3 Å². The molecule has 0 aliphatic heterocycles. The average Bonchev–Trinajstić information content (AvgIpc) is 2.57. The number of aromatic nitrogens is 2. The van der Waals surface area contributed by atoms with Gasteiger partial charge in [-0.1, -0.05) is 25.1 Å². The van der Waals surface area contributed by atoms with Crippen molar-refractivity contribution in [2.45, 2.75) is 26.8 Å². The van der Waals surface area contributed by atoms with Crippen LogP contribution >= 0.6 is 0 Å². The first-order chi connectivity index (χ1) is 11.1. The van der Waals surface area contributed by atoms with E-state index in [4.69, 9.17) is 4.74 Å². The molecule has 0 saturated heterocycles. The van der Waals surface area contributed by atoms with Crippen molar-refractivity contribution in [3.05, 3.63) is 47.4 Å². The Morgan fingerprint density at radius 1 is 1.26 bits per heavy atom. The SMILES string of the molecule is CCCNc1cc(C(=O)NCc2ccccc2OC)nc(C)n1. The summed E-state index contributed by atoms with van der Waals surface area (Å²) in [6.07, 6.45) is 0.985. The highest BCUT2D eigenvalue weighted by atomic mass is 16.5. The summed E-state index contributed by atoms with van der Waals surface area (Å²) in [6.45, 7) is 5.03. The van der Waals surface area contributed by atoms with Gasteiger partial charge in [-0.05, 0) is 19.4 Å². The normalized spacial score (nSPS) is 10.2. The van der Waals surface area contributed by atoms with E-state index in [0.29, 0.717) is 23.9 Å². The number of carbonyl (C=O) groups is 1. The molecule has 122 valence electrons. The predicted octanol–water partition coefficient (Wildman–Crippen LogP) is 2.55. The molecule has 1 aromatic heterocycles. The van der Waals surface area contributed by atoms with Crippen molar-refractivity contribution in [2.75, 3.05) is 19.0 Å². The molecule has 1 amide bonds. The van der Waals surface area contributed by atoms with Crippen molar-refractivity contribution in [1.82, 2.24) is 15.3 Å². The lowest BCUT2D eigenvalue weighted by atomic mass is 10.2. The van der Waals surface area contributed by atoms with Crippen LogP contribution in [0, 0.1) is 6.92 Å². The van der Waals surface area contributed by atoms with E-state index in [2.05, 4.69) is 27.5 Å². The van der Waals surface area contributed by atoms with Gasteiger partial charge in [0.25, 0.3) is 5.91 Å².